The van der Waals surface area contributed by atoms with E-state index in [4.69, 9.17) is 15.3 Å². The Morgan fingerprint density at radius 3 is 1.07 bits per heavy atom. The van der Waals surface area contributed by atoms with Gasteiger partial charge in [0.05, 0.1) is 18.3 Å². The molecule has 0 bridgehead atoms. The third-order valence-electron chi connectivity index (χ3n) is 1.57. The molecule has 0 fully saturated rings. The zero-order valence-corrected chi connectivity index (χ0v) is 10.6. The quantitative estimate of drug-likeness (QED) is 0.609. The van der Waals surface area contributed by atoms with E-state index >= 15 is 0 Å². The number of aliphatic hydroxyl groups excluding tert-OH is 3. The van der Waals surface area contributed by atoms with E-state index < -0.39 is 18.3 Å². The summed E-state index contributed by atoms with van der Waals surface area (Å²) < 4.78 is 0. The van der Waals surface area contributed by atoms with Gasteiger partial charge in [-0.25, -0.2) is 0 Å². The van der Waals surface area contributed by atoms with Gasteiger partial charge in [-0.3, -0.25) is 4.90 Å². The fourth-order valence-electron chi connectivity index (χ4n) is 1.34. The second kappa shape index (κ2) is 10.4. The van der Waals surface area contributed by atoms with Gasteiger partial charge < -0.3 is 15.3 Å². The summed E-state index contributed by atoms with van der Waals surface area (Å²) in [5.41, 5.74) is 0. The van der Waals surface area contributed by atoms with Crippen molar-refractivity contribution in [1.82, 2.24) is 4.90 Å². The van der Waals surface area contributed by atoms with Crippen LogP contribution in [0.2, 0.25) is 0 Å². The van der Waals surface area contributed by atoms with E-state index in [-0.39, 0.29) is 0 Å². The molecule has 15 heavy (non-hydrogen) atoms. The molecule has 0 aliphatic rings. The first-order valence-corrected chi connectivity index (χ1v) is 5.68. The molecule has 3 N–H and O–H groups in total. The van der Waals surface area contributed by atoms with Crippen LogP contribution in [0, 0.1) is 0 Å². The molecule has 4 heteroatoms. The van der Waals surface area contributed by atoms with E-state index in [1.807, 2.05) is 18.7 Å². The van der Waals surface area contributed by atoms with Crippen molar-refractivity contribution in [2.24, 2.45) is 0 Å². The van der Waals surface area contributed by atoms with Crippen molar-refractivity contribution in [1.29, 1.82) is 0 Å². The van der Waals surface area contributed by atoms with Gasteiger partial charge in [-0.2, -0.15) is 0 Å². The fraction of sp³-hybridized carbons (Fsp3) is 1.00. The van der Waals surface area contributed by atoms with Crippen LogP contribution < -0.4 is 0 Å². The summed E-state index contributed by atoms with van der Waals surface area (Å²) in [4.78, 5) is 1.85. The van der Waals surface area contributed by atoms with Gasteiger partial charge in [-0.05, 0) is 20.8 Å². The molecule has 0 aromatic rings. The minimum atomic E-state index is -0.433. The monoisotopic (exact) mass is 221 g/mol. The molecule has 0 saturated heterocycles. The van der Waals surface area contributed by atoms with Crippen molar-refractivity contribution in [2.45, 2.75) is 52.9 Å². The predicted molar refractivity (Wildman–Crippen MR) is 62.8 cm³/mol. The zero-order chi connectivity index (χ0) is 12.4. The third-order valence-corrected chi connectivity index (χ3v) is 1.57. The Hall–Kier alpha value is -0.160. The second-order valence-corrected chi connectivity index (χ2v) is 3.77. The van der Waals surface area contributed by atoms with Crippen molar-refractivity contribution in [3.63, 3.8) is 0 Å². The highest BCUT2D eigenvalue weighted by Crippen LogP contribution is 1.97. The normalized spacial score (nSPS) is 16.6. The zero-order valence-electron chi connectivity index (χ0n) is 10.6. The van der Waals surface area contributed by atoms with Crippen LogP contribution in [-0.4, -0.2) is 58.2 Å². The van der Waals surface area contributed by atoms with Crippen LogP contribution in [0.5, 0.6) is 0 Å². The first kappa shape index (κ1) is 17.2. The summed E-state index contributed by atoms with van der Waals surface area (Å²) >= 11 is 0. The van der Waals surface area contributed by atoms with E-state index in [9.17, 15) is 0 Å². The SMILES string of the molecule is CC.CC(O)CN(CC(C)O)CC(C)O. The molecule has 0 aliphatic carbocycles. The van der Waals surface area contributed by atoms with E-state index in [2.05, 4.69) is 0 Å². The number of hydrogen-bond donors (Lipinski definition) is 3. The average molecular weight is 221 g/mol. The molecule has 0 aliphatic heterocycles. The van der Waals surface area contributed by atoms with E-state index in [1.54, 1.807) is 20.8 Å². The van der Waals surface area contributed by atoms with Crippen molar-refractivity contribution in [2.75, 3.05) is 19.6 Å². The van der Waals surface area contributed by atoms with Crippen LogP contribution in [0.4, 0.5) is 0 Å². The van der Waals surface area contributed by atoms with Gasteiger partial charge in [0, 0.05) is 19.6 Å². The molecule has 0 amide bonds. The Morgan fingerprint density at radius 2 is 0.933 bits per heavy atom. The van der Waals surface area contributed by atoms with Crippen LogP contribution in [0.1, 0.15) is 34.6 Å². The predicted octanol–water partition coefficient (Wildman–Crippen LogP) is 0.457. The Bertz CT molecular complexity index is 103. The molecule has 3 atom stereocenters. The highest BCUT2D eigenvalue weighted by Gasteiger charge is 2.12. The summed E-state index contributed by atoms with van der Waals surface area (Å²) in [5.74, 6) is 0. The minimum absolute atomic E-state index is 0.433. The largest absolute Gasteiger partial charge is 0.392 e. The van der Waals surface area contributed by atoms with E-state index in [0.717, 1.165) is 0 Å². The minimum Gasteiger partial charge on any atom is -0.392 e. The number of aliphatic hydroxyl groups is 3. The molecule has 0 radical (unpaired) electrons. The Kier molecular flexibility index (Phi) is 11.9. The van der Waals surface area contributed by atoms with Gasteiger partial charge in [0.25, 0.3) is 0 Å². The van der Waals surface area contributed by atoms with E-state index in [1.165, 1.54) is 0 Å². The summed E-state index contributed by atoms with van der Waals surface area (Å²) in [6.45, 7) is 10.5. The van der Waals surface area contributed by atoms with Crippen molar-refractivity contribution < 1.29 is 15.3 Å². The number of hydrogen-bond acceptors (Lipinski definition) is 4. The first-order chi connectivity index (χ1) is 6.91. The molecule has 0 heterocycles. The molecular formula is C11H27NO3. The lowest BCUT2D eigenvalue weighted by Crippen LogP contribution is -2.40. The molecule has 4 nitrogen and oxygen atoms in total. The molecule has 94 valence electrons. The average Bonchev–Trinajstić information content (AvgIpc) is 2.03. The number of rotatable bonds is 6. The van der Waals surface area contributed by atoms with Crippen LogP contribution in [-0.2, 0) is 0 Å². The van der Waals surface area contributed by atoms with Gasteiger partial charge >= 0.3 is 0 Å². The van der Waals surface area contributed by atoms with Crippen LogP contribution >= 0.6 is 0 Å². The summed E-state index contributed by atoms with van der Waals surface area (Å²) in [6.07, 6.45) is -1.30. The maximum atomic E-state index is 9.14. The fourth-order valence-corrected chi connectivity index (χ4v) is 1.34. The molecule has 0 aromatic carbocycles. The topological polar surface area (TPSA) is 63.9 Å². The summed E-state index contributed by atoms with van der Waals surface area (Å²) in [6, 6.07) is 0. The van der Waals surface area contributed by atoms with Gasteiger partial charge in [0.15, 0.2) is 0 Å². The molecule has 3 unspecified atom stereocenters. The molecule has 0 spiro atoms. The van der Waals surface area contributed by atoms with Crippen molar-refractivity contribution >= 4 is 0 Å². The van der Waals surface area contributed by atoms with Crippen LogP contribution in [0.15, 0.2) is 0 Å². The van der Waals surface area contributed by atoms with Gasteiger partial charge in [-0.1, -0.05) is 13.8 Å². The smallest absolute Gasteiger partial charge is 0.0639 e. The van der Waals surface area contributed by atoms with E-state index in [0.29, 0.717) is 19.6 Å². The Morgan fingerprint density at radius 1 is 0.733 bits per heavy atom. The molecule has 0 saturated carbocycles. The Labute approximate surface area is 93.5 Å². The van der Waals surface area contributed by atoms with Gasteiger partial charge in [-0.15, -0.1) is 0 Å². The van der Waals surface area contributed by atoms with Gasteiger partial charge in [0.1, 0.15) is 0 Å². The van der Waals surface area contributed by atoms with Crippen LogP contribution in [0.3, 0.4) is 0 Å². The highest BCUT2D eigenvalue weighted by molar-refractivity contribution is 4.66. The summed E-state index contributed by atoms with van der Waals surface area (Å²) in [5, 5.41) is 27.4. The summed E-state index contributed by atoms with van der Waals surface area (Å²) in [7, 11) is 0. The van der Waals surface area contributed by atoms with Gasteiger partial charge in [0.2, 0.25) is 0 Å². The lowest BCUT2D eigenvalue weighted by atomic mass is 10.2. The lowest BCUT2D eigenvalue weighted by molar-refractivity contribution is 0.0530. The number of nitrogens with zero attached hydrogens (tertiary/aromatic N) is 1. The van der Waals surface area contributed by atoms with Crippen LogP contribution in [0.25, 0.3) is 0 Å². The standard InChI is InChI=1S/C9H21NO3.C2H6/c1-7(11)4-10(5-8(2)12)6-9(3)13;1-2/h7-9,11-13H,4-6H2,1-3H3;1-2H3. The highest BCUT2D eigenvalue weighted by atomic mass is 16.3. The third kappa shape index (κ3) is 13.8. The first-order valence-electron chi connectivity index (χ1n) is 5.68. The molecule has 0 rings (SSSR count). The lowest BCUT2D eigenvalue weighted by Gasteiger charge is -2.25. The molecular weight excluding hydrogens is 194 g/mol. The van der Waals surface area contributed by atoms with Crippen molar-refractivity contribution in [3.05, 3.63) is 0 Å². The maximum Gasteiger partial charge on any atom is 0.0639 e. The maximum absolute atomic E-state index is 9.14. The molecule has 0 aromatic heterocycles. The Balaban J connectivity index is 0. The second-order valence-electron chi connectivity index (χ2n) is 3.77. The van der Waals surface area contributed by atoms with Crippen molar-refractivity contribution in [3.8, 4) is 0 Å².